The molecule has 0 aliphatic carbocycles. The second-order valence-electron chi connectivity index (χ2n) is 4.45. The molecule has 0 bridgehead atoms. The molecule has 21 heavy (non-hydrogen) atoms. The van der Waals surface area contributed by atoms with Gasteiger partial charge >= 0.3 is 0 Å². The molecule has 0 aliphatic rings. The average molecular weight is 324 g/mol. The Hall–Kier alpha value is -1.78. The van der Waals surface area contributed by atoms with E-state index in [0.29, 0.717) is 15.7 Å². The number of carbonyl (C=O) groups excluding carboxylic acids is 1. The first-order valence-electron chi connectivity index (χ1n) is 6.48. The molecule has 0 saturated heterocycles. The number of anilines is 1. The van der Waals surface area contributed by atoms with Crippen LogP contribution in [0, 0.1) is 6.92 Å². The minimum Gasteiger partial charge on any atom is -0.321 e. The van der Waals surface area contributed by atoms with Gasteiger partial charge in [-0.15, -0.1) is 0 Å². The largest absolute Gasteiger partial charge is 0.321 e. The van der Waals surface area contributed by atoms with Crippen molar-refractivity contribution >= 4 is 40.9 Å². The minimum atomic E-state index is -0.275. The summed E-state index contributed by atoms with van der Waals surface area (Å²) in [4.78, 5) is 11.9. The van der Waals surface area contributed by atoms with Gasteiger partial charge in [-0.2, -0.15) is 5.10 Å². The van der Waals surface area contributed by atoms with Crippen molar-refractivity contribution in [1.29, 1.82) is 0 Å². The minimum absolute atomic E-state index is 0.275. The molecule has 1 heterocycles. The fourth-order valence-electron chi connectivity index (χ4n) is 1.80. The van der Waals surface area contributed by atoms with Crippen molar-refractivity contribution in [3.8, 4) is 0 Å². The van der Waals surface area contributed by atoms with E-state index in [0.717, 1.165) is 17.8 Å². The lowest BCUT2D eigenvalue weighted by Gasteiger charge is -2.05. The lowest BCUT2D eigenvalue weighted by atomic mass is 10.2. The smallest absolute Gasteiger partial charge is 0.248 e. The Labute approximate surface area is 133 Å². The third-order valence-corrected chi connectivity index (χ3v) is 3.75. The number of benzene rings is 1. The molecule has 6 heteroatoms. The molecule has 0 spiro atoms. The van der Waals surface area contributed by atoms with E-state index in [1.807, 2.05) is 24.7 Å². The van der Waals surface area contributed by atoms with Crippen LogP contribution in [0.25, 0.3) is 6.08 Å². The summed E-state index contributed by atoms with van der Waals surface area (Å²) in [5, 5.41) is 7.74. The molecule has 0 aliphatic heterocycles. The zero-order valence-electron chi connectivity index (χ0n) is 11.7. The normalized spacial score (nSPS) is 11.0. The van der Waals surface area contributed by atoms with Crippen molar-refractivity contribution < 1.29 is 4.79 Å². The van der Waals surface area contributed by atoms with Gasteiger partial charge in [0.25, 0.3) is 0 Å². The van der Waals surface area contributed by atoms with Gasteiger partial charge in [0.2, 0.25) is 5.91 Å². The highest BCUT2D eigenvalue weighted by atomic mass is 35.5. The molecule has 0 saturated carbocycles. The first-order chi connectivity index (χ1) is 10.0. The van der Waals surface area contributed by atoms with Gasteiger partial charge in [0.05, 0.1) is 21.4 Å². The van der Waals surface area contributed by atoms with E-state index in [4.69, 9.17) is 23.2 Å². The van der Waals surface area contributed by atoms with E-state index >= 15 is 0 Å². The van der Waals surface area contributed by atoms with E-state index in [1.165, 1.54) is 6.08 Å². The maximum absolute atomic E-state index is 11.9. The van der Waals surface area contributed by atoms with Crippen LogP contribution in [-0.2, 0) is 11.3 Å². The summed E-state index contributed by atoms with van der Waals surface area (Å²) >= 11 is 11.9. The number of nitrogens with zero attached hydrogens (tertiary/aromatic N) is 2. The number of carbonyl (C=O) groups is 1. The fraction of sp³-hybridized carbons (Fsp3) is 0.200. The Morgan fingerprint density at radius 2 is 2.19 bits per heavy atom. The van der Waals surface area contributed by atoms with Crippen LogP contribution < -0.4 is 5.32 Å². The first-order valence-corrected chi connectivity index (χ1v) is 7.24. The van der Waals surface area contributed by atoms with Crippen LogP contribution in [0.15, 0.2) is 30.5 Å². The molecule has 0 unspecified atom stereocenters. The predicted octanol–water partition coefficient (Wildman–Crippen LogP) is 4.17. The third-order valence-electron chi connectivity index (χ3n) is 2.93. The van der Waals surface area contributed by atoms with Crippen molar-refractivity contribution in [3.05, 3.63) is 51.8 Å². The van der Waals surface area contributed by atoms with Gasteiger partial charge < -0.3 is 5.32 Å². The van der Waals surface area contributed by atoms with Gasteiger partial charge in [0.1, 0.15) is 0 Å². The molecule has 1 amide bonds. The van der Waals surface area contributed by atoms with E-state index in [-0.39, 0.29) is 5.91 Å². The third kappa shape index (κ3) is 3.86. The second kappa shape index (κ2) is 6.78. The quantitative estimate of drug-likeness (QED) is 0.858. The van der Waals surface area contributed by atoms with Gasteiger partial charge in [-0.05, 0) is 32.1 Å². The maximum Gasteiger partial charge on any atom is 0.248 e. The number of hydrogen-bond acceptors (Lipinski definition) is 2. The van der Waals surface area contributed by atoms with Gasteiger partial charge in [-0.1, -0.05) is 29.3 Å². The Balaban J connectivity index is 2.09. The SMILES string of the molecule is CCn1cc(/C=C\C(=O)Nc2cccc(Cl)c2Cl)c(C)n1. The summed E-state index contributed by atoms with van der Waals surface area (Å²) in [6, 6.07) is 5.08. The van der Waals surface area contributed by atoms with Gasteiger partial charge in [0.15, 0.2) is 0 Å². The Bertz CT molecular complexity index is 692. The fourth-order valence-corrected chi connectivity index (χ4v) is 2.15. The van der Waals surface area contributed by atoms with Gasteiger partial charge in [-0.3, -0.25) is 9.48 Å². The van der Waals surface area contributed by atoms with Gasteiger partial charge in [0, 0.05) is 24.4 Å². The standard InChI is InChI=1S/C15H15Cl2N3O/c1-3-20-9-11(10(2)19-20)7-8-14(21)18-13-6-4-5-12(16)15(13)17/h4-9H,3H2,1-2H3,(H,18,21)/b8-7-. The molecule has 0 atom stereocenters. The summed E-state index contributed by atoms with van der Waals surface area (Å²) in [5.41, 5.74) is 2.27. The number of amides is 1. The van der Waals surface area contributed by atoms with Crippen LogP contribution >= 0.6 is 23.2 Å². The topological polar surface area (TPSA) is 46.9 Å². The highest BCUT2D eigenvalue weighted by Crippen LogP contribution is 2.29. The lowest BCUT2D eigenvalue weighted by Crippen LogP contribution is -2.08. The molecule has 2 aromatic rings. The molecule has 0 radical (unpaired) electrons. The Kier molecular flexibility index (Phi) is 5.04. The van der Waals surface area contributed by atoms with Crippen LogP contribution in [0.2, 0.25) is 10.0 Å². The molecule has 1 aromatic carbocycles. The van der Waals surface area contributed by atoms with Crippen molar-refractivity contribution in [1.82, 2.24) is 9.78 Å². The number of nitrogens with one attached hydrogen (secondary N) is 1. The van der Waals surface area contributed by atoms with Gasteiger partial charge in [-0.25, -0.2) is 0 Å². The van der Waals surface area contributed by atoms with Crippen LogP contribution in [0.5, 0.6) is 0 Å². The second-order valence-corrected chi connectivity index (χ2v) is 5.23. The predicted molar refractivity (Wildman–Crippen MR) is 86.8 cm³/mol. The van der Waals surface area contributed by atoms with Crippen LogP contribution in [-0.4, -0.2) is 15.7 Å². The molecular formula is C15H15Cl2N3O. The van der Waals surface area contributed by atoms with Crippen LogP contribution in [0.3, 0.4) is 0 Å². The maximum atomic E-state index is 11.9. The summed E-state index contributed by atoms with van der Waals surface area (Å²) in [7, 11) is 0. The molecule has 0 fully saturated rings. The highest BCUT2D eigenvalue weighted by molar-refractivity contribution is 6.44. The van der Waals surface area contributed by atoms with Crippen LogP contribution in [0.1, 0.15) is 18.2 Å². The van der Waals surface area contributed by atoms with Crippen molar-refractivity contribution in [2.24, 2.45) is 0 Å². The van der Waals surface area contributed by atoms with Crippen molar-refractivity contribution in [2.45, 2.75) is 20.4 Å². The summed E-state index contributed by atoms with van der Waals surface area (Å²) in [6.07, 6.45) is 5.06. The first kappa shape index (κ1) is 15.6. The monoisotopic (exact) mass is 323 g/mol. The number of aryl methyl sites for hydroxylation is 2. The van der Waals surface area contributed by atoms with Crippen molar-refractivity contribution in [3.63, 3.8) is 0 Å². The van der Waals surface area contributed by atoms with E-state index in [1.54, 1.807) is 24.3 Å². The molecule has 4 nitrogen and oxygen atoms in total. The highest BCUT2D eigenvalue weighted by Gasteiger charge is 2.06. The number of halogens is 2. The Morgan fingerprint density at radius 3 is 2.86 bits per heavy atom. The molecule has 1 N–H and O–H groups in total. The van der Waals surface area contributed by atoms with Crippen LogP contribution in [0.4, 0.5) is 5.69 Å². The lowest BCUT2D eigenvalue weighted by molar-refractivity contribution is -0.111. The van der Waals surface area contributed by atoms with Crippen molar-refractivity contribution in [2.75, 3.05) is 5.32 Å². The summed E-state index contributed by atoms with van der Waals surface area (Å²) < 4.78 is 1.82. The summed E-state index contributed by atoms with van der Waals surface area (Å²) in [5.74, 6) is -0.275. The number of hydrogen-bond donors (Lipinski definition) is 1. The molecule has 1 aromatic heterocycles. The number of aromatic nitrogens is 2. The van der Waals surface area contributed by atoms with E-state index in [2.05, 4.69) is 10.4 Å². The molecule has 2 rings (SSSR count). The number of rotatable bonds is 4. The zero-order chi connectivity index (χ0) is 15.4. The average Bonchev–Trinajstić information content (AvgIpc) is 2.82. The van der Waals surface area contributed by atoms with E-state index in [9.17, 15) is 4.79 Å². The molecule has 110 valence electrons. The van der Waals surface area contributed by atoms with E-state index < -0.39 is 0 Å². The summed E-state index contributed by atoms with van der Waals surface area (Å²) in [6.45, 7) is 4.70. The zero-order valence-corrected chi connectivity index (χ0v) is 13.2. The molecular weight excluding hydrogens is 309 g/mol. The Morgan fingerprint density at radius 1 is 1.43 bits per heavy atom.